The van der Waals surface area contributed by atoms with Gasteiger partial charge in [0.25, 0.3) is 5.56 Å². The van der Waals surface area contributed by atoms with E-state index in [0.29, 0.717) is 23.1 Å². The second kappa shape index (κ2) is 6.96. The third-order valence-electron chi connectivity index (χ3n) is 4.12. The summed E-state index contributed by atoms with van der Waals surface area (Å²) in [5, 5.41) is 0.526. The number of hydrogen-bond acceptors (Lipinski definition) is 4. The molecule has 5 nitrogen and oxygen atoms in total. The first kappa shape index (κ1) is 17.2. The quantitative estimate of drug-likeness (QED) is 0.905. The van der Waals surface area contributed by atoms with Crippen molar-refractivity contribution in [1.29, 1.82) is 0 Å². The predicted octanol–water partition coefficient (Wildman–Crippen LogP) is 1.94. The molecule has 0 aromatic carbocycles. The van der Waals surface area contributed by atoms with Crippen LogP contribution >= 0.6 is 24.0 Å². The van der Waals surface area contributed by atoms with E-state index in [1.54, 1.807) is 24.4 Å². The van der Waals surface area contributed by atoms with E-state index in [9.17, 15) is 4.79 Å². The largest absolute Gasteiger partial charge is 0.327 e. The Morgan fingerprint density at radius 2 is 2.23 bits per heavy atom. The van der Waals surface area contributed by atoms with E-state index in [2.05, 4.69) is 16.8 Å². The van der Waals surface area contributed by atoms with Crippen LogP contribution < -0.4 is 11.3 Å². The number of piperidine rings is 1. The van der Waals surface area contributed by atoms with Crippen LogP contribution in [-0.2, 0) is 6.54 Å². The summed E-state index contributed by atoms with van der Waals surface area (Å²) in [4.78, 5) is 19.0. The molecule has 3 heterocycles. The first-order valence-corrected chi connectivity index (χ1v) is 7.56. The zero-order valence-corrected chi connectivity index (χ0v) is 14.0. The molecule has 3 rings (SSSR count). The van der Waals surface area contributed by atoms with Crippen LogP contribution in [0.5, 0.6) is 0 Å². The Kier molecular flexibility index (Phi) is 5.45. The van der Waals surface area contributed by atoms with Gasteiger partial charge in [0.1, 0.15) is 5.65 Å². The Hall–Kier alpha value is -1.14. The normalized spacial score (nSPS) is 22.5. The number of nitrogens with two attached hydrogens (primary N) is 1. The maximum atomic E-state index is 12.1. The third kappa shape index (κ3) is 3.60. The van der Waals surface area contributed by atoms with Gasteiger partial charge >= 0.3 is 0 Å². The van der Waals surface area contributed by atoms with Crippen molar-refractivity contribution in [2.45, 2.75) is 25.9 Å². The van der Waals surface area contributed by atoms with Gasteiger partial charge in [-0.1, -0.05) is 18.5 Å². The monoisotopic (exact) mass is 342 g/mol. The molecule has 2 aromatic rings. The van der Waals surface area contributed by atoms with Crippen LogP contribution in [0.2, 0.25) is 5.02 Å². The third-order valence-corrected chi connectivity index (χ3v) is 4.34. The molecule has 1 aliphatic heterocycles. The number of rotatable bonds is 2. The number of likely N-dealkylation sites (tertiary alicyclic amines) is 1. The highest BCUT2D eigenvalue weighted by atomic mass is 35.5. The molecule has 120 valence electrons. The number of aromatic nitrogens is 2. The molecule has 1 fully saturated rings. The standard InChI is InChI=1S/C15H19ClN4O.ClH/c1-10-7-19(5-4-13(10)17)9-12-6-15(21)20-8-11(16)2-3-14(20)18-12;/h2-3,6,8,10,13H,4-5,7,9,17H2,1H3;1H. The Balaban J connectivity index is 0.00000176. The fraction of sp³-hybridized carbons (Fsp3) is 0.467. The van der Waals surface area contributed by atoms with Crippen molar-refractivity contribution < 1.29 is 0 Å². The van der Waals surface area contributed by atoms with Crippen LogP contribution in [0.3, 0.4) is 0 Å². The second-order valence-electron chi connectivity index (χ2n) is 5.83. The van der Waals surface area contributed by atoms with Gasteiger partial charge in [0, 0.05) is 37.9 Å². The summed E-state index contributed by atoms with van der Waals surface area (Å²) >= 11 is 5.91. The second-order valence-corrected chi connectivity index (χ2v) is 6.26. The Bertz CT molecular complexity index is 718. The molecule has 2 aromatic heterocycles. The van der Waals surface area contributed by atoms with E-state index in [0.717, 1.165) is 25.2 Å². The van der Waals surface area contributed by atoms with Gasteiger partial charge in [-0.25, -0.2) is 4.98 Å². The first-order valence-electron chi connectivity index (χ1n) is 7.19. The summed E-state index contributed by atoms with van der Waals surface area (Å²) in [7, 11) is 0. The van der Waals surface area contributed by atoms with Crippen LogP contribution in [0.15, 0.2) is 29.2 Å². The highest BCUT2D eigenvalue weighted by Gasteiger charge is 2.23. The minimum atomic E-state index is -0.0979. The average Bonchev–Trinajstić information content (AvgIpc) is 2.44. The lowest BCUT2D eigenvalue weighted by Gasteiger charge is -2.34. The molecule has 7 heteroatoms. The zero-order valence-electron chi connectivity index (χ0n) is 12.4. The number of halogens is 2. The molecular formula is C15H20Cl2N4O. The van der Waals surface area contributed by atoms with Gasteiger partial charge in [0.05, 0.1) is 10.7 Å². The molecule has 1 aliphatic rings. The summed E-state index contributed by atoms with van der Waals surface area (Å²) in [6.07, 6.45) is 2.58. The van der Waals surface area contributed by atoms with Crippen LogP contribution in [0.4, 0.5) is 0 Å². The Morgan fingerprint density at radius 3 is 2.95 bits per heavy atom. The summed E-state index contributed by atoms with van der Waals surface area (Å²) in [5.41, 5.74) is 7.37. The predicted molar refractivity (Wildman–Crippen MR) is 90.8 cm³/mol. The Labute approximate surface area is 140 Å². The van der Waals surface area contributed by atoms with Crippen molar-refractivity contribution >= 4 is 29.7 Å². The number of hydrogen-bond donors (Lipinski definition) is 1. The minimum absolute atomic E-state index is 0. The van der Waals surface area contributed by atoms with Gasteiger partial charge in [-0.15, -0.1) is 12.4 Å². The Morgan fingerprint density at radius 1 is 1.45 bits per heavy atom. The van der Waals surface area contributed by atoms with E-state index in [1.165, 1.54) is 4.40 Å². The van der Waals surface area contributed by atoms with Gasteiger partial charge in [-0.3, -0.25) is 14.1 Å². The van der Waals surface area contributed by atoms with E-state index >= 15 is 0 Å². The first-order chi connectivity index (χ1) is 10.0. The molecule has 2 unspecified atom stereocenters. The van der Waals surface area contributed by atoms with E-state index < -0.39 is 0 Å². The molecule has 2 atom stereocenters. The van der Waals surface area contributed by atoms with Crippen LogP contribution in [0, 0.1) is 5.92 Å². The molecule has 0 radical (unpaired) electrons. The lowest BCUT2D eigenvalue weighted by molar-refractivity contribution is 0.156. The molecule has 0 aliphatic carbocycles. The number of fused-ring (bicyclic) bond motifs is 1. The van der Waals surface area contributed by atoms with Crippen molar-refractivity contribution in [3.63, 3.8) is 0 Å². The molecule has 0 saturated carbocycles. The number of pyridine rings is 1. The van der Waals surface area contributed by atoms with Gasteiger partial charge in [-0.2, -0.15) is 0 Å². The smallest absolute Gasteiger partial charge is 0.258 e. The molecular weight excluding hydrogens is 323 g/mol. The van der Waals surface area contributed by atoms with E-state index in [-0.39, 0.29) is 24.0 Å². The van der Waals surface area contributed by atoms with Crippen molar-refractivity contribution in [2.24, 2.45) is 11.7 Å². The maximum Gasteiger partial charge on any atom is 0.258 e. The topological polar surface area (TPSA) is 63.6 Å². The lowest BCUT2D eigenvalue weighted by atomic mass is 9.95. The summed E-state index contributed by atoms with van der Waals surface area (Å²) < 4.78 is 1.47. The average molecular weight is 343 g/mol. The minimum Gasteiger partial charge on any atom is -0.327 e. The van der Waals surface area contributed by atoms with Gasteiger partial charge in [-0.05, 0) is 24.5 Å². The van der Waals surface area contributed by atoms with Crippen molar-refractivity contribution in [3.05, 3.63) is 45.5 Å². The summed E-state index contributed by atoms with van der Waals surface area (Å²) in [5.74, 6) is 0.471. The van der Waals surface area contributed by atoms with E-state index in [1.807, 2.05) is 0 Å². The summed E-state index contributed by atoms with van der Waals surface area (Å²) in [6, 6.07) is 5.37. The molecule has 0 bridgehead atoms. The van der Waals surface area contributed by atoms with Crippen LogP contribution in [-0.4, -0.2) is 33.4 Å². The van der Waals surface area contributed by atoms with Gasteiger partial charge in [0.15, 0.2) is 0 Å². The SMILES string of the molecule is CC1CN(Cc2cc(=O)n3cc(Cl)ccc3n2)CCC1N.Cl. The molecule has 0 spiro atoms. The fourth-order valence-electron chi connectivity index (χ4n) is 2.83. The highest BCUT2D eigenvalue weighted by molar-refractivity contribution is 6.30. The summed E-state index contributed by atoms with van der Waals surface area (Å²) in [6.45, 7) is 4.75. The molecule has 0 amide bonds. The van der Waals surface area contributed by atoms with Crippen molar-refractivity contribution in [3.8, 4) is 0 Å². The van der Waals surface area contributed by atoms with Crippen molar-refractivity contribution in [2.75, 3.05) is 13.1 Å². The molecule has 1 saturated heterocycles. The molecule has 22 heavy (non-hydrogen) atoms. The zero-order chi connectivity index (χ0) is 15.0. The highest BCUT2D eigenvalue weighted by Crippen LogP contribution is 2.17. The fourth-order valence-corrected chi connectivity index (χ4v) is 2.99. The van der Waals surface area contributed by atoms with Crippen LogP contribution in [0.1, 0.15) is 19.0 Å². The van der Waals surface area contributed by atoms with Gasteiger partial charge < -0.3 is 5.73 Å². The van der Waals surface area contributed by atoms with Gasteiger partial charge in [0.2, 0.25) is 0 Å². The maximum absolute atomic E-state index is 12.1. The van der Waals surface area contributed by atoms with E-state index in [4.69, 9.17) is 17.3 Å². The lowest BCUT2D eigenvalue weighted by Crippen LogP contribution is -2.45. The van der Waals surface area contributed by atoms with Crippen LogP contribution in [0.25, 0.3) is 5.65 Å². The number of nitrogens with zero attached hydrogens (tertiary/aromatic N) is 3. The van der Waals surface area contributed by atoms with Crippen molar-refractivity contribution in [1.82, 2.24) is 14.3 Å². The molecule has 2 N–H and O–H groups in total.